The van der Waals surface area contributed by atoms with Crippen LogP contribution < -0.4 is 0 Å². The van der Waals surface area contributed by atoms with Gasteiger partial charge in [0.15, 0.2) is 0 Å². The van der Waals surface area contributed by atoms with Gasteiger partial charge in [-0.2, -0.15) is 0 Å². The first-order valence-electron chi connectivity index (χ1n) is 5.42. The van der Waals surface area contributed by atoms with Crippen LogP contribution in [0.4, 0.5) is 4.39 Å². The Hall–Kier alpha value is -0.410. The van der Waals surface area contributed by atoms with E-state index in [0.29, 0.717) is 12.0 Å². The Balaban J connectivity index is 2.73. The normalized spacial score (nSPS) is 13.9. The van der Waals surface area contributed by atoms with Crippen LogP contribution in [0.1, 0.15) is 45.3 Å². The molecule has 0 saturated carbocycles. The standard InChI is InChI=1S/C13H18BrFO/c1-13(2,3)7-6-12(16)10-8-9(15)4-5-11(10)14/h4-5,8,12,16H,6-7H2,1-3H3. The predicted molar refractivity (Wildman–Crippen MR) is 67.7 cm³/mol. The molecule has 0 radical (unpaired) electrons. The van der Waals surface area contributed by atoms with Gasteiger partial charge in [0.2, 0.25) is 0 Å². The Labute approximate surface area is 105 Å². The third kappa shape index (κ3) is 4.22. The van der Waals surface area contributed by atoms with Crippen molar-refractivity contribution in [3.05, 3.63) is 34.1 Å². The molecule has 1 atom stereocenters. The number of hydrogen-bond donors (Lipinski definition) is 1. The average molecular weight is 289 g/mol. The quantitative estimate of drug-likeness (QED) is 0.871. The van der Waals surface area contributed by atoms with E-state index in [1.54, 1.807) is 6.07 Å². The lowest BCUT2D eigenvalue weighted by molar-refractivity contribution is 0.146. The zero-order valence-corrected chi connectivity index (χ0v) is 11.5. The van der Waals surface area contributed by atoms with Crippen LogP contribution in [-0.2, 0) is 0 Å². The Morgan fingerprint density at radius 1 is 1.38 bits per heavy atom. The third-order valence-corrected chi connectivity index (χ3v) is 3.21. The molecule has 3 heteroatoms. The van der Waals surface area contributed by atoms with Crippen molar-refractivity contribution in [2.24, 2.45) is 5.41 Å². The minimum Gasteiger partial charge on any atom is -0.388 e. The van der Waals surface area contributed by atoms with Gasteiger partial charge in [-0.3, -0.25) is 0 Å². The molecule has 1 N–H and O–H groups in total. The Morgan fingerprint density at radius 3 is 2.56 bits per heavy atom. The molecule has 1 unspecified atom stereocenters. The van der Waals surface area contributed by atoms with Crippen molar-refractivity contribution in [2.45, 2.75) is 39.7 Å². The molecule has 16 heavy (non-hydrogen) atoms. The number of aliphatic hydroxyl groups is 1. The van der Waals surface area contributed by atoms with Crippen LogP contribution >= 0.6 is 15.9 Å². The molecular weight excluding hydrogens is 271 g/mol. The van der Waals surface area contributed by atoms with Crippen molar-refractivity contribution >= 4 is 15.9 Å². The summed E-state index contributed by atoms with van der Waals surface area (Å²) < 4.78 is 13.8. The van der Waals surface area contributed by atoms with Crippen LogP contribution in [0, 0.1) is 11.2 Å². The molecule has 1 aromatic rings. The maximum Gasteiger partial charge on any atom is 0.123 e. The largest absolute Gasteiger partial charge is 0.388 e. The van der Waals surface area contributed by atoms with Crippen molar-refractivity contribution < 1.29 is 9.50 Å². The fraction of sp³-hybridized carbons (Fsp3) is 0.538. The second-order valence-corrected chi connectivity index (χ2v) is 6.14. The highest BCUT2D eigenvalue weighted by Crippen LogP contribution is 2.31. The van der Waals surface area contributed by atoms with E-state index in [4.69, 9.17) is 0 Å². The molecular formula is C13H18BrFO. The molecule has 0 spiro atoms. The molecule has 0 fully saturated rings. The summed E-state index contributed by atoms with van der Waals surface area (Å²) in [7, 11) is 0. The first-order chi connectivity index (χ1) is 7.29. The van der Waals surface area contributed by atoms with E-state index < -0.39 is 6.10 Å². The highest BCUT2D eigenvalue weighted by molar-refractivity contribution is 9.10. The van der Waals surface area contributed by atoms with Crippen molar-refractivity contribution in [2.75, 3.05) is 0 Å². The summed E-state index contributed by atoms with van der Waals surface area (Å²) in [6.45, 7) is 6.38. The highest BCUT2D eigenvalue weighted by atomic mass is 79.9. The van der Waals surface area contributed by atoms with Gasteiger partial charge < -0.3 is 5.11 Å². The van der Waals surface area contributed by atoms with Gasteiger partial charge in [-0.15, -0.1) is 0 Å². The van der Waals surface area contributed by atoms with Gasteiger partial charge in [-0.1, -0.05) is 36.7 Å². The molecule has 0 aliphatic rings. The van der Waals surface area contributed by atoms with Crippen molar-refractivity contribution in [1.29, 1.82) is 0 Å². The Kier molecular flexibility index (Phi) is 4.51. The summed E-state index contributed by atoms with van der Waals surface area (Å²) in [6.07, 6.45) is 0.937. The van der Waals surface area contributed by atoms with Crippen LogP contribution in [0.5, 0.6) is 0 Å². The molecule has 0 aliphatic heterocycles. The number of halogens is 2. The second-order valence-electron chi connectivity index (χ2n) is 5.28. The first-order valence-corrected chi connectivity index (χ1v) is 6.22. The van der Waals surface area contributed by atoms with E-state index in [1.165, 1.54) is 12.1 Å². The summed E-state index contributed by atoms with van der Waals surface area (Å²) in [4.78, 5) is 0. The number of benzene rings is 1. The number of rotatable bonds is 3. The highest BCUT2D eigenvalue weighted by Gasteiger charge is 2.17. The van der Waals surface area contributed by atoms with E-state index in [-0.39, 0.29) is 11.2 Å². The summed E-state index contributed by atoms with van der Waals surface area (Å²) >= 11 is 3.32. The van der Waals surface area contributed by atoms with Gasteiger partial charge in [0.05, 0.1) is 6.10 Å². The summed E-state index contributed by atoms with van der Waals surface area (Å²) in [5.74, 6) is -0.312. The van der Waals surface area contributed by atoms with E-state index in [0.717, 1.165) is 10.9 Å². The molecule has 1 rings (SSSR count). The molecule has 0 aliphatic carbocycles. The lowest BCUT2D eigenvalue weighted by Crippen LogP contribution is -2.08. The van der Waals surface area contributed by atoms with Gasteiger partial charge in [0, 0.05) is 4.47 Å². The van der Waals surface area contributed by atoms with E-state index >= 15 is 0 Å². The molecule has 0 amide bonds. The molecule has 0 heterocycles. The minimum atomic E-state index is -0.607. The van der Waals surface area contributed by atoms with Gasteiger partial charge in [0.25, 0.3) is 0 Å². The third-order valence-electron chi connectivity index (χ3n) is 2.48. The molecule has 0 bridgehead atoms. The summed E-state index contributed by atoms with van der Waals surface area (Å²) in [5.41, 5.74) is 0.810. The Morgan fingerprint density at radius 2 is 2.00 bits per heavy atom. The molecule has 90 valence electrons. The maximum absolute atomic E-state index is 13.0. The monoisotopic (exact) mass is 288 g/mol. The molecule has 0 aromatic heterocycles. The molecule has 1 aromatic carbocycles. The number of hydrogen-bond acceptors (Lipinski definition) is 1. The summed E-state index contributed by atoms with van der Waals surface area (Å²) in [6, 6.07) is 4.40. The van der Waals surface area contributed by atoms with Crippen LogP contribution in [0.3, 0.4) is 0 Å². The maximum atomic E-state index is 13.0. The fourth-order valence-electron chi connectivity index (χ4n) is 1.50. The second kappa shape index (κ2) is 5.28. The fourth-order valence-corrected chi connectivity index (χ4v) is 2.01. The zero-order chi connectivity index (χ0) is 12.3. The molecule has 1 nitrogen and oxygen atoms in total. The van der Waals surface area contributed by atoms with Crippen molar-refractivity contribution in [3.63, 3.8) is 0 Å². The lowest BCUT2D eigenvalue weighted by Gasteiger charge is -2.21. The van der Waals surface area contributed by atoms with E-state index in [1.807, 2.05) is 0 Å². The Bertz CT molecular complexity index is 357. The van der Waals surface area contributed by atoms with E-state index in [2.05, 4.69) is 36.7 Å². The molecule has 0 saturated heterocycles. The predicted octanol–water partition coefficient (Wildman–Crippen LogP) is 4.45. The SMILES string of the molecule is CC(C)(C)CCC(O)c1cc(F)ccc1Br. The van der Waals surface area contributed by atoms with Crippen molar-refractivity contribution in [3.8, 4) is 0 Å². The van der Waals surface area contributed by atoms with Gasteiger partial charge in [-0.25, -0.2) is 4.39 Å². The van der Waals surface area contributed by atoms with Crippen molar-refractivity contribution in [1.82, 2.24) is 0 Å². The smallest absolute Gasteiger partial charge is 0.123 e. The van der Waals surface area contributed by atoms with Gasteiger partial charge in [-0.05, 0) is 42.0 Å². The average Bonchev–Trinajstić information content (AvgIpc) is 2.17. The topological polar surface area (TPSA) is 20.2 Å². The minimum absolute atomic E-state index is 0.181. The lowest BCUT2D eigenvalue weighted by atomic mass is 9.88. The summed E-state index contributed by atoms with van der Waals surface area (Å²) in [5, 5.41) is 9.99. The van der Waals surface area contributed by atoms with E-state index in [9.17, 15) is 9.50 Å². The zero-order valence-electron chi connectivity index (χ0n) is 9.93. The van der Waals surface area contributed by atoms with Crippen LogP contribution in [0.25, 0.3) is 0 Å². The van der Waals surface area contributed by atoms with Crippen LogP contribution in [0.15, 0.2) is 22.7 Å². The van der Waals surface area contributed by atoms with Gasteiger partial charge in [0.1, 0.15) is 5.82 Å². The number of aliphatic hydroxyl groups excluding tert-OH is 1. The van der Waals surface area contributed by atoms with Crippen LogP contribution in [0.2, 0.25) is 0 Å². The van der Waals surface area contributed by atoms with Gasteiger partial charge >= 0.3 is 0 Å². The first kappa shape index (κ1) is 13.7. The van der Waals surface area contributed by atoms with Crippen LogP contribution in [-0.4, -0.2) is 5.11 Å².